The predicted octanol–water partition coefficient (Wildman–Crippen LogP) is 3.96. The maximum absolute atomic E-state index is 5.40. The van der Waals surface area contributed by atoms with Gasteiger partial charge in [0.05, 0.1) is 7.11 Å². The first-order valence-corrected chi connectivity index (χ1v) is 7.17. The van der Waals surface area contributed by atoms with E-state index in [2.05, 4.69) is 15.1 Å². The Morgan fingerprint density at radius 1 is 1.00 bits per heavy atom. The van der Waals surface area contributed by atoms with Gasteiger partial charge in [0.25, 0.3) is 5.89 Å². The highest BCUT2D eigenvalue weighted by Crippen LogP contribution is 2.27. The van der Waals surface area contributed by atoms with E-state index < -0.39 is 0 Å². The van der Waals surface area contributed by atoms with Gasteiger partial charge in [0.1, 0.15) is 11.4 Å². The van der Waals surface area contributed by atoms with Crippen LogP contribution in [0.1, 0.15) is 0 Å². The lowest BCUT2D eigenvalue weighted by Gasteiger charge is -2.01. The Hall–Kier alpha value is -3.21. The molecule has 0 atom stereocenters. The molecule has 0 saturated heterocycles. The third-order valence-electron chi connectivity index (χ3n) is 3.63. The van der Waals surface area contributed by atoms with Crippen molar-refractivity contribution in [3.05, 3.63) is 60.8 Å². The van der Waals surface area contributed by atoms with Gasteiger partial charge in [-0.2, -0.15) is 4.98 Å². The van der Waals surface area contributed by atoms with Gasteiger partial charge in [-0.1, -0.05) is 35.5 Å². The molecule has 4 aromatic rings. The van der Waals surface area contributed by atoms with Crippen LogP contribution in [0.25, 0.3) is 33.7 Å². The van der Waals surface area contributed by atoms with Gasteiger partial charge in [-0.3, -0.25) is 4.98 Å². The summed E-state index contributed by atoms with van der Waals surface area (Å²) < 4.78 is 10.6. The summed E-state index contributed by atoms with van der Waals surface area (Å²) in [5.41, 5.74) is 1.52. The quantitative estimate of drug-likeness (QED) is 0.573. The van der Waals surface area contributed by atoms with Crippen LogP contribution in [-0.4, -0.2) is 22.2 Å². The summed E-state index contributed by atoms with van der Waals surface area (Å²) >= 11 is 0. The van der Waals surface area contributed by atoms with Crippen molar-refractivity contribution in [1.29, 1.82) is 0 Å². The number of nitrogens with zero attached hydrogens (tertiary/aromatic N) is 3. The smallest absolute Gasteiger partial charge is 0.258 e. The van der Waals surface area contributed by atoms with Crippen LogP contribution in [0.15, 0.2) is 65.3 Å². The van der Waals surface area contributed by atoms with Gasteiger partial charge in [-0.25, -0.2) is 0 Å². The van der Waals surface area contributed by atoms with Gasteiger partial charge in [-0.15, -0.1) is 0 Å². The second-order valence-electron chi connectivity index (χ2n) is 5.04. The number of pyridine rings is 1. The summed E-state index contributed by atoms with van der Waals surface area (Å²) in [6.45, 7) is 0. The molecule has 0 radical (unpaired) electrons. The van der Waals surface area contributed by atoms with E-state index in [-0.39, 0.29) is 0 Å². The van der Waals surface area contributed by atoms with Gasteiger partial charge < -0.3 is 9.26 Å². The maximum Gasteiger partial charge on any atom is 0.258 e. The second kappa shape index (κ2) is 5.53. The lowest BCUT2D eigenvalue weighted by Crippen LogP contribution is -1.88. The Balaban J connectivity index is 1.80. The van der Waals surface area contributed by atoms with Gasteiger partial charge in [0.2, 0.25) is 5.82 Å². The minimum Gasteiger partial charge on any atom is -0.497 e. The Bertz CT molecular complexity index is 973. The first-order chi connectivity index (χ1) is 11.3. The van der Waals surface area contributed by atoms with Crippen molar-refractivity contribution in [3.8, 4) is 28.7 Å². The van der Waals surface area contributed by atoms with E-state index in [1.54, 1.807) is 13.3 Å². The van der Waals surface area contributed by atoms with E-state index >= 15 is 0 Å². The van der Waals surface area contributed by atoms with Gasteiger partial charge >= 0.3 is 0 Å². The van der Waals surface area contributed by atoms with E-state index in [9.17, 15) is 0 Å². The number of aromatic nitrogens is 3. The third-order valence-corrected chi connectivity index (χ3v) is 3.63. The van der Waals surface area contributed by atoms with Gasteiger partial charge in [0.15, 0.2) is 0 Å². The molecule has 2 heterocycles. The van der Waals surface area contributed by atoms with Crippen LogP contribution in [0, 0.1) is 0 Å². The van der Waals surface area contributed by atoms with Crippen LogP contribution in [0.4, 0.5) is 0 Å². The number of hydrogen-bond donors (Lipinski definition) is 0. The largest absolute Gasteiger partial charge is 0.497 e. The molecule has 5 heteroatoms. The molecule has 0 aliphatic carbocycles. The summed E-state index contributed by atoms with van der Waals surface area (Å²) in [6, 6.07) is 17.5. The summed E-state index contributed by atoms with van der Waals surface area (Å²) in [5.74, 6) is 1.65. The molecule has 0 fully saturated rings. The molecule has 0 amide bonds. The average molecular weight is 303 g/mol. The van der Waals surface area contributed by atoms with Crippen LogP contribution in [0.3, 0.4) is 0 Å². The van der Waals surface area contributed by atoms with E-state index in [0.717, 1.165) is 22.1 Å². The van der Waals surface area contributed by atoms with Crippen molar-refractivity contribution in [1.82, 2.24) is 15.1 Å². The maximum atomic E-state index is 5.40. The molecule has 0 unspecified atom stereocenters. The van der Waals surface area contributed by atoms with E-state index in [1.165, 1.54) is 0 Å². The predicted molar refractivity (Wildman–Crippen MR) is 87.0 cm³/mol. The SMILES string of the molecule is COc1cccc(-c2nc(-c3nccc4ccccc34)no2)c1. The van der Waals surface area contributed by atoms with Crippen molar-refractivity contribution in [2.45, 2.75) is 0 Å². The molecule has 2 aromatic heterocycles. The van der Waals surface area contributed by atoms with Crippen LogP contribution in [0.5, 0.6) is 5.75 Å². The van der Waals surface area contributed by atoms with Crippen molar-refractivity contribution in [3.63, 3.8) is 0 Å². The highest BCUT2D eigenvalue weighted by molar-refractivity contribution is 5.92. The molecule has 4 rings (SSSR count). The molecular formula is C18H13N3O2. The Kier molecular flexibility index (Phi) is 3.24. The Labute approximate surface area is 132 Å². The molecular weight excluding hydrogens is 290 g/mol. The number of ether oxygens (including phenoxy) is 1. The van der Waals surface area contributed by atoms with Crippen molar-refractivity contribution >= 4 is 10.8 Å². The summed E-state index contributed by atoms with van der Waals surface area (Å²) in [6.07, 6.45) is 1.75. The van der Waals surface area contributed by atoms with E-state index in [1.807, 2.05) is 54.6 Å². The normalized spacial score (nSPS) is 10.8. The molecule has 0 aliphatic rings. The zero-order chi connectivity index (χ0) is 15.6. The summed E-state index contributed by atoms with van der Waals surface area (Å²) in [7, 11) is 1.62. The number of hydrogen-bond acceptors (Lipinski definition) is 5. The fourth-order valence-electron chi connectivity index (χ4n) is 2.49. The number of fused-ring (bicyclic) bond motifs is 1. The van der Waals surface area contributed by atoms with Crippen LogP contribution >= 0.6 is 0 Å². The monoisotopic (exact) mass is 303 g/mol. The van der Waals surface area contributed by atoms with E-state index in [4.69, 9.17) is 9.26 Å². The Morgan fingerprint density at radius 2 is 1.91 bits per heavy atom. The van der Waals surface area contributed by atoms with Crippen molar-refractivity contribution in [2.24, 2.45) is 0 Å². The fraction of sp³-hybridized carbons (Fsp3) is 0.0556. The zero-order valence-electron chi connectivity index (χ0n) is 12.4. The number of methoxy groups -OCH3 is 1. The molecule has 0 spiro atoms. The minimum atomic E-state index is 0.439. The molecule has 0 N–H and O–H groups in total. The van der Waals surface area contributed by atoms with Crippen LogP contribution in [-0.2, 0) is 0 Å². The second-order valence-corrected chi connectivity index (χ2v) is 5.04. The molecule has 0 bridgehead atoms. The lowest BCUT2D eigenvalue weighted by molar-refractivity contribution is 0.413. The van der Waals surface area contributed by atoms with Gasteiger partial charge in [-0.05, 0) is 29.7 Å². The molecule has 23 heavy (non-hydrogen) atoms. The van der Waals surface area contributed by atoms with Crippen LogP contribution < -0.4 is 4.74 Å². The number of rotatable bonds is 3. The molecule has 5 nitrogen and oxygen atoms in total. The summed E-state index contributed by atoms with van der Waals surface area (Å²) in [4.78, 5) is 8.89. The van der Waals surface area contributed by atoms with Gasteiger partial charge in [0, 0.05) is 17.1 Å². The number of benzene rings is 2. The summed E-state index contributed by atoms with van der Waals surface area (Å²) in [5, 5.41) is 6.16. The highest BCUT2D eigenvalue weighted by atomic mass is 16.5. The molecule has 0 aliphatic heterocycles. The third kappa shape index (κ3) is 2.42. The zero-order valence-corrected chi connectivity index (χ0v) is 12.4. The minimum absolute atomic E-state index is 0.439. The van der Waals surface area contributed by atoms with Crippen molar-refractivity contribution in [2.75, 3.05) is 7.11 Å². The highest BCUT2D eigenvalue weighted by Gasteiger charge is 2.14. The topological polar surface area (TPSA) is 61.0 Å². The Morgan fingerprint density at radius 3 is 2.83 bits per heavy atom. The first-order valence-electron chi connectivity index (χ1n) is 7.17. The standard InChI is InChI=1S/C18H13N3O2/c1-22-14-7-4-6-13(11-14)18-20-17(21-23-18)16-15-8-3-2-5-12(15)9-10-19-16/h2-11H,1H3. The molecule has 0 saturated carbocycles. The lowest BCUT2D eigenvalue weighted by atomic mass is 10.1. The molecule has 112 valence electrons. The first kappa shape index (κ1) is 13.5. The molecule has 2 aromatic carbocycles. The van der Waals surface area contributed by atoms with Crippen molar-refractivity contribution < 1.29 is 9.26 Å². The fourth-order valence-corrected chi connectivity index (χ4v) is 2.49. The van der Waals surface area contributed by atoms with Crippen LogP contribution in [0.2, 0.25) is 0 Å². The average Bonchev–Trinajstić information content (AvgIpc) is 3.11. The van der Waals surface area contributed by atoms with E-state index in [0.29, 0.717) is 17.4 Å².